The summed E-state index contributed by atoms with van der Waals surface area (Å²) in [5, 5.41) is 0. The third kappa shape index (κ3) is 8.10. The first kappa shape index (κ1) is 32.7. The number of carbonyl (C=O) groups excluding carboxylic acids is 2. The lowest BCUT2D eigenvalue weighted by atomic mass is 10.1. The Hall–Kier alpha value is -4.72. The Morgan fingerprint density at radius 1 is 0.652 bits per heavy atom. The quantitative estimate of drug-likeness (QED) is 0.171. The van der Waals surface area contributed by atoms with Crippen LogP contribution in [0.2, 0.25) is 0 Å². The van der Waals surface area contributed by atoms with Crippen molar-refractivity contribution in [3.05, 3.63) is 130 Å². The largest absolute Gasteiger partial charge is 0.489 e. The Morgan fingerprint density at radius 3 is 1.78 bits per heavy atom. The van der Waals surface area contributed by atoms with Crippen LogP contribution < -0.4 is 9.47 Å². The van der Waals surface area contributed by atoms with Crippen molar-refractivity contribution >= 4 is 11.9 Å². The van der Waals surface area contributed by atoms with E-state index in [1.807, 2.05) is 72.8 Å². The van der Waals surface area contributed by atoms with E-state index >= 15 is 0 Å². The summed E-state index contributed by atoms with van der Waals surface area (Å²) in [5.74, 6) is -1.02. The average Bonchev–Trinajstić information content (AvgIpc) is 3.71. The molecule has 46 heavy (non-hydrogen) atoms. The van der Waals surface area contributed by atoms with Crippen LogP contribution in [0.15, 0.2) is 84.9 Å². The predicted molar refractivity (Wildman–Crippen MR) is 169 cm³/mol. The second kappa shape index (κ2) is 15.5. The zero-order chi connectivity index (χ0) is 32.5. The van der Waals surface area contributed by atoms with E-state index in [9.17, 15) is 18.4 Å². The molecule has 0 aliphatic heterocycles. The van der Waals surface area contributed by atoms with Gasteiger partial charge in [-0.15, -0.1) is 0 Å². The molecule has 0 fully saturated rings. The van der Waals surface area contributed by atoms with Crippen LogP contribution in [0.5, 0.6) is 11.5 Å². The van der Waals surface area contributed by atoms with E-state index in [1.54, 1.807) is 19.9 Å². The first-order valence-corrected chi connectivity index (χ1v) is 15.6. The van der Waals surface area contributed by atoms with Crippen LogP contribution in [0.25, 0.3) is 0 Å². The lowest BCUT2D eigenvalue weighted by Gasteiger charge is -2.10. The normalized spacial score (nSPS) is 16.0. The maximum atomic E-state index is 14.6. The summed E-state index contributed by atoms with van der Waals surface area (Å²) < 4.78 is 50.3. The molecule has 0 aromatic heterocycles. The van der Waals surface area contributed by atoms with Crippen molar-refractivity contribution in [2.75, 3.05) is 13.2 Å². The Morgan fingerprint density at radius 2 is 1.20 bits per heavy atom. The second-order valence-corrected chi connectivity index (χ2v) is 11.3. The van der Waals surface area contributed by atoms with Crippen LogP contribution in [-0.4, -0.2) is 25.2 Å². The van der Waals surface area contributed by atoms with Crippen molar-refractivity contribution in [2.45, 2.75) is 52.7 Å². The number of esters is 2. The fourth-order valence-corrected chi connectivity index (χ4v) is 5.82. The standard InChI is InChI=1S/2C19H19FO3/c1-2-22-19(21)15-8-14-9-16(11-18(20)17(14)10-15)23-12-13-6-4-3-5-7-13;1-2-22-19(21)15-10-14-8-9-17(18(20)16(14)11-15)23-12-13-6-4-3-5-7-13/h3-7,9,11,15H,2,8,10,12H2,1H3;3-9,15H,2,10-12H2,1H3. The van der Waals surface area contributed by atoms with E-state index < -0.39 is 0 Å². The second-order valence-electron chi connectivity index (χ2n) is 11.3. The Balaban J connectivity index is 0.000000181. The first-order chi connectivity index (χ1) is 22.4. The Bertz CT molecular complexity index is 1620. The number of carbonyl (C=O) groups is 2. The van der Waals surface area contributed by atoms with Gasteiger partial charge in [0, 0.05) is 6.07 Å². The highest BCUT2D eigenvalue weighted by Gasteiger charge is 2.32. The van der Waals surface area contributed by atoms with Crippen LogP contribution >= 0.6 is 0 Å². The molecule has 0 heterocycles. The third-order valence-corrected chi connectivity index (χ3v) is 8.13. The van der Waals surface area contributed by atoms with Crippen LogP contribution in [0.4, 0.5) is 8.78 Å². The molecule has 0 radical (unpaired) electrons. The molecule has 4 aromatic carbocycles. The molecular formula is C38H38F2O6. The molecule has 2 unspecified atom stereocenters. The summed E-state index contributed by atoms with van der Waals surface area (Å²) in [7, 11) is 0. The molecule has 0 bridgehead atoms. The Kier molecular flexibility index (Phi) is 11.0. The lowest BCUT2D eigenvalue weighted by Crippen LogP contribution is -2.17. The third-order valence-electron chi connectivity index (χ3n) is 8.13. The van der Waals surface area contributed by atoms with Gasteiger partial charge >= 0.3 is 11.9 Å². The van der Waals surface area contributed by atoms with Gasteiger partial charge < -0.3 is 18.9 Å². The van der Waals surface area contributed by atoms with Gasteiger partial charge in [0.05, 0.1) is 25.0 Å². The van der Waals surface area contributed by atoms with Gasteiger partial charge in [-0.1, -0.05) is 66.7 Å². The molecule has 2 aliphatic carbocycles. The maximum Gasteiger partial charge on any atom is 0.309 e. The molecule has 0 saturated heterocycles. The van der Waals surface area contributed by atoms with E-state index in [1.165, 1.54) is 6.07 Å². The van der Waals surface area contributed by atoms with Crippen molar-refractivity contribution < 1.29 is 37.3 Å². The van der Waals surface area contributed by atoms with Gasteiger partial charge in [-0.05, 0) is 85.0 Å². The molecule has 6 rings (SSSR count). The number of rotatable bonds is 10. The lowest BCUT2D eigenvalue weighted by molar-refractivity contribution is -0.148. The molecule has 2 aliphatic rings. The fourth-order valence-electron chi connectivity index (χ4n) is 5.82. The van der Waals surface area contributed by atoms with Gasteiger partial charge in [0.25, 0.3) is 0 Å². The minimum absolute atomic E-state index is 0.233. The van der Waals surface area contributed by atoms with E-state index in [0.29, 0.717) is 69.0 Å². The van der Waals surface area contributed by atoms with E-state index in [4.69, 9.17) is 18.9 Å². The zero-order valence-electron chi connectivity index (χ0n) is 26.1. The number of hydrogen-bond acceptors (Lipinski definition) is 6. The van der Waals surface area contributed by atoms with Crippen LogP contribution in [-0.2, 0) is 58.0 Å². The molecule has 0 amide bonds. The van der Waals surface area contributed by atoms with E-state index in [0.717, 1.165) is 22.3 Å². The van der Waals surface area contributed by atoms with Crippen LogP contribution in [0, 0.1) is 23.5 Å². The Labute approximate surface area is 268 Å². The highest BCUT2D eigenvalue weighted by Crippen LogP contribution is 2.35. The fraction of sp³-hybridized carbons (Fsp3) is 0.316. The van der Waals surface area contributed by atoms with Gasteiger partial charge in [-0.2, -0.15) is 0 Å². The summed E-state index contributed by atoms with van der Waals surface area (Å²) in [6.45, 7) is 4.95. The molecule has 0 saturated carbocycles. The number of hydrogen-bond donors (Lipinski definition) is 0. The number of fused-ring (bicyclic) bond motifs is 2. The van der Waals surface area contributed by atoms with Gasteiger partial charge in [0.2, 0.25) is 0 Å². The molecule has 240 valence electrons. The highest BCUT2D eigenvalue weighted by atomic mass is 19.1. The van der Waals surface area contributed by atoms with Crippen LogP contribution in [0.1, 0.15) is 47.2 Å². The summed E-state index contributed by atoms with van der Waals surface area (Å²) in [6, 6.07) is 26.1. The number of halogens is 2. The van der Waals surface area contributed by atoms with Gasteiger partial charge in [0.1, 0.15) is 24.8 Å². The monoisotopic (exact) mass is 628 g/mol. The van der Waals surface area contributed by atoms with Gasteiger partial charge in [0.15, 0.2) is 11.6 Å². The maximum absolute atomic E-state index is 14.6. The number of ether oxygens (including phenoxy) is 4. The summed E-state index contributed by atoms with van der Waals surface area (Å²) in [5.41, 5.74) is 4.90. The van der Waals surface area contributed by atoms with Gasteiger partial charge in [-0.25, -0.2) is 8.78 Å². The van der Waals surface area contributed by atoms with E-state index in [-0.39, 0.29) is 41.2 Å². The smallest absolute Gasteiger partial charge is 0.309 e. The van der Waals surface area contributed by atoms with Crippen molar-refractivity contribution in [3.63, 3.8) is 0 Å². The molecular weight excluding hydrogens is 590 g/mol. The van der Waals surface area contributed by atoms with Crippen molar-refractivity contribution in [3.8, 4) is 11.5 Å². The SMILES string of the molecule is CCOC(=O)C1Cc2cc(OCc3ccccc3)cc(F)c2C1.CCOC(=O)C1Cc2ccc(OCc3ccccc3)c(F)c2C1. The minimum Gasteiger partial charge on any atom is -0.489 e. The van der Waals surface area contributed by atoms with Gasteiger partial charge in [-0.3, -0.25) is 9.59 Å². The molecule has 4 aromatic rings. The molecule has 6 nitrogen and oxygen atoms in total. The zero-order valence-corrected chi connectivity index (χ0v) is 26.1. The highest BCUT2D eigenvalue weighted by molar-refractivity contribution is 5.75. The summed E-state index contributed by atoms with van der Waals surface area (Å²) >= 11 is 0. The summed E-state index contributed by atoms with van der Waals surface area (Å²) in [4.78, 5) is 23.7. The topological polar surface area (TPSA) is 71.1 Å². The van der Waals surface area contributed by atoms with Crippen LogP contribution in [0.3, 0.4) is 0 Å². The molecule has 2 atom stereocenters. The predicted octanol–water partition coefficient (Wildman–Crippen LogP) is 7.37. The molecule has 8 heteroatoms. The van der Waals surface area contributed by atoms with Crippen molar-refractivity contribution in [2.24, 2.45) is 11.8 Å². The summed E-state index contributed by atoms with van der Waals surface area (Å²) in [6.07, 6.45) is 1.82. The molecule has 0 N–H and O–H groups in total. The average molecular weight is 629 g/mol. The molecule has 0 spiro atoms. The number of benzene rings is 4. The van der Waals surface area contributed by atoms with E-state index in [2.05, 4.69) is 0 Å². The van der Waals surface area contributed by atoms with Crippen molar-refractivity contribution in [1.29, 1.82) is 0 Å². The minimum atomic E-state index is -0.356. The first-order valence-electron chi connectivity index (χ1n) is 15.6. The van der Waals surface area contributed by atoms with Crippen molar-refractivity contribution in [1.82, 2.24) is 0 Å².